The van der Waals surface area contributed by atoms with Crippen LogP contribution in [-0.4, -0.2) is 11.9 Å². The molecule has 16 heavy (non-hydrogen) atoms. The summed E-state index contributed by atoms with van der Waals surface area (Å²) in [5.41, 5.74) is 1.93. The van der Waals surface area contributed by atoms with Gasteiger partial charge in [0.25, 0.3) is 0 Å². The summed E-state index contributed by atoms with van der Waals surface area (Å²) in [6, 6.07) is 6.09. The summed E-state index contributed by atoms with van der Waals surface area (Å²) >= 11 is 9.55. The summed E-state index contributed by atoms with van der Waals surface area (Å²) in [7, 11) is 0. The van der Waals surface area contributed by atoms with E-state index >= 15 is 0 Å². The van der Waals surface area contributed by atoms with Crippen LogP contribution in [0.5, 0.6) is 0 Å². The van der Waals surface area contributed by atoms with Gasteiger partial charge in [-0.25, -0.2) is 0 Å². The van der Waals surface area contributed by atoms with Crippen LogP contribution >= 0.6 is 27.5 Å². The number of halogens is 2. The average molecular weight is 303 g/mol. The summed E-state index contributed by atoms with van der Waals surface area (Å²) in [6.45, 7) is 1.98. The topological polar surface area (TPSA) is 29.1 Å². The number of hydrogen-bond acceptors (Lipinski definition) is 1. The molecule has 0 aliphatic heterocycles. The van der Waals surface area contributed by atoms with Crippen molar-refractivity contribution in [3.8, 4) is 0 Å². The molecule has 0 aromatic heterocycles. The van der Waals surface area contributed by atoms with Gasteiger partial charge in [0, 0.05) is 10.5 Å². The zero-order valence-corrected chi connectivity index (χ0v) is 11.3. The molecule has 0 bridgehead atoms. The van der Waals surface area contributed by atoms with Gasteiger partial charge in [-0.3, -0.25) is 4.79 Å². The van der Waals surface area contributed by atoms with Crippen LogP contribution in [0.4, 0.5) is 0 Å². The molecule has 4 heteroatoms. The zero-order chi connectivity index (χ0) is 11.7. The largest absolute Gasteiger partial charge is 0.352 e. The normalized spacial score (nSPS) is 16.9. The fraction of sp³-hybridized carbons (Fsp3) is 0.417. The van der Waals surface area contributed by atoms with E-state index in [9.17, 15) is 4.79 Å². The molecule has 1 fully saturated rings. The van der Waals surface area contributed by atoms with Crippen LogP contribution in [0.25, 0.3) is 0 Å². The quantitative estimate of drug-likeness (QED) is 0.853. The van der Waals surface area contributed by atoms with E-state index in [4.69, 9.17) is 11.6 Å². The highest BCUT2D eigenvalue weighted by molar-refractivity contribution is 9.10. The van der Waals surface area contributed by atoms with Crippen molar-refractivity contribution >= 4 is 33.4 Å². The monoisotopic (exact) mass is 301 g/mol. The van der Waals surface area contributed by atoms with Crippen molar-refractivity contribution < 1.29 is 4.79 Å². The fourth-order valence-electron chi connectivity index (χ4n) is 1.48. The summed E-state index contributed by atoms with van der Waals surface area (Å²) in [4.78, 5) is 11.7. The third-order valence-corrected chi connectivity index (χ3v) is 3.97. The maximum absolute atomic E-state index is 11.7. The van der Waals surface area contributed by atoms with Gasteiger partial charge in [-0.05, 0) is 37.0 Å². The molecule has 1 aliphatic rings. The molecular weight excluding hydrogens is 289 g/mol. The smallest absolute Gasteiger partial charge is 0.242 e. The van der Waals surface area contributed by atoms with Gasteiger partial charge in [0.05, 0.1) is 0 Å². The van der Waals surface area contributed by atoms with Crippen LogP contribution in [0, 0.1) is 6.92 Å². The van der Waals surface area contributed by atoms with E-state index in [1.807, 2.05) is 25.1 Å². The molecule has 1 N–H and O–H groups in total. The molecule has 0 spiro atoms. The molecule has 1 amide bonds. The minimum absolute atomic E-state index is 0.0918. The van der Waals surface area contributed by atoms with Gasteiger partial charge in [-0.15, -0.1) is 11.6 Å². The number of carbonyl (C=O) groups excluding carboxylic acids is 1. The first-order valence-corrected chi connectivity index (χ1v) is 6.51. The first kappa shape index (κ1) is 11.9. The van der Waals surface area contributed by atoms with E-state index in [1.165, 1.54) is 0 Å². The Morgan fingerprint density at radius 3 is 2.81 bits per heavy atom. The number of hydrogen-bond donors (Lipinski definition) is 1. The molecule has 2 rings (SSSR count). The van der Waals surface area contributed by atoms with Crippen molar-refractivity contribution in [2.75, 3.05) is 0 Å². The molecule has 1 atom stereocenters. The van der Waals surface area contributed by atoms with Gasteiger partial charge in [0.15, 0.2) is 0 Å². The highest BCUT2D eigenvalue weighted by Crippen LogP contribution is 2.27. The van der Waals surface area contributed by atoms with Crippen molar-refractivity contribution in [2.24, 2.45) is 0 Å². The standard InChI is InChI=1S/C12H13BrClNO/c1-7-6-8(2-5-10(7)13)11(14)12(16)15-9-3-4-9/h2,5-6,9,11H,3-4H2,1H3,(H,15,16). The van der Waals surface area contributed by atoms with Gasteiger partial charge in [0.1, 0.15) is 5.38 Å². The predicted molar refractivity (Wildman–Crippen MR) is 68.6 cm³/mol. The van der Waals surface area contributed by atoms with Gasteiger partial charge in [-0.1, -0.05) is 28.1 Å². The van der Waals surface area contributed by atoms with Crippen LogP contribution in [-0.2, 0) is 4.79 Å². The summed E-state index contributed by atoms with van der Waals surface area (Å²) < 4.78 is 1.03. The molecule has 0 heterocycles. The number of carbonyl (C=O) groups is 1. The first-order valence-electron chi connectivity index (χ1n) is 5.28. The van der Waals surface area contributed by atoms with Gasteiger partial charge >= 0.3 is 0 Å². The molecule has 1 aromatic rings. The van der Waals surface area contributed by atoms with Crippen LogP contribution in [0.15, 0.2) is 22.7 Å². The number of amides is 1. The molecule has 86 valence electrons. The van der Waals surface area contributed by atoms with Crippen LogP contribution < -0.4 is 5.32 Å². The number of alkyl halides is 1. The molecule has 1 unspecified atom stereocenters. The second-order valence-electron chi connectivity index (χ2n) is 4.15. The van der Waals surface area contributed by atoms with Gasteiger partial charge < -0.3 is 5.32 Å². The number of nitrogens with one attached hydrogen (secondary N) is 1. The van der Waals surface area contributed by atoms with E-state index in [-0.39, 0.29) is 5.91 Å². The lowest BCUT2D eigenvalue weighted by Gasteiger charge is -2.11. The SMILES string of the molecule is Cc1cc(C(Cl)C(=O)NC2CC2)ccc1Br. The minimum atomic E-state index is -0.590. The lowest BCUT2D eigenvalue weighted by atomic mass is 10.1. The molecule has 1 aromatic carbocycles. The Hall–Kier alpha value is -0.540. The predicted octanol–water partition coefficient (Wildman–Crippen LogP) is 3.32. The van der Waals surface area contributed by atoms with E-state index in [0.717, 1.165) is 28.4 Å². The Morgan fingerprint density at radius 1 is 1.56 bits per heavy atom. The van der Waals surface area contributed by atoms with E-state index in [2.05, 4.69) is 21.2 Å². The number of aryl methyl sites for hydroxylation is 1. The summed E-state index contributed by atoms with van der Waals surface area (Å²) in [6.07, 6.45) is 2.16. The van der Waals surface area contributed by atoms with Crippen LogP contribution in [0.2, 0.25) is 0 Å². The highest BCUT2D eigenvalue weighted by atomic mass is 79.9. The summed E-state index contributed by atoms with van der Waals surface area (Å²) in [5, 5.41) is 2.31. The van der Waals surface area contributed by atoms with Crippen molar-refractivity contribution in [3.63, 3.8) is 0 Å². The lowest BCUT2D eigenvalue weighted by molar-refractivity contribution is -0.121. The minimum Gasteiger partial charge on any atom is -0.352 e. The number of rotatable bonds is 3. The molecule has 1 aliphatic carbocycles. The van der Waals surface area contributed by atoms with Gasteiger partial charge in [0.2, 0.25) is 5.91 Å². The Balaban J connectivity index is 2.09. The third-order valence-electron chi connectivity index (χ3n) is 2.63. The van der Waals surface area contributed by atoms with Crippen molar-refractivity contribution in [2.45, 2.75) is 31.2 Å². The maximum atomic E-state index is 11.7. The molecule has 0 saturated heterocycles. The summed E-state index contributed by atoms with van der Waals surface area (Å²) in [5.74, 6) is -0.0918. The second kappa shape index (κ2) is 4.76. The van der Waals surface area contributed by atoms with E-state index in [0.29, 0.717) is 6.04 Å². The molecule has 1 saturated carbocycles. The van der Waals surface area contributed by atoms with Crippen LogP contribution in [0.1, 0.15) is 29.3 Å². The molecular formula is C12H13BrClNO. The Kier molecular flexibility index (Phi) is 3.55. The highest BCUT2D eigenvalue weighted by Gasteiger charge is 2.27. The van der Waals surface area contributed by atoms with Crippen molar-refractivity contribution in [1.82, 2.24) is 5.32 Å². The maximum Gasteiger partial charge on any atom is 0.242 e. The van der Waals surface area contributed by atoms with Gasteiger partial charge in [-0.2, -0.15) is 0 Å². The van der Waals surface area contributed by atoms with E-state index in [1.54, 1.807) is 0 Å². The number of benzene rings is 1. The van der Waals surface area contributed by atoms with Crippen molar-refractivity contribution in [1.29, 1.82) is 0 Å². The Bertz CT molecular complexity index is 417. The Morgan fingerprint density at radius 2 is 2.25 bits per heavy atom. The average Bonchev–Trinajstić information content (AvgIpc) is 3.05. The molecule has 2 nitrogen and oxygen atoms in total. The second-order valence-corrected chi connectivity index (χ2v) is 5.44. The van der Waals surface area contributed by atoms with Crippen molar-refractivity contribution in [3.05, 3.63) is 33.8 Å². The third kappa shape index (κ3) is 2.77. The molecule has 0 radical (unpaired) electrons. The van der Waals surface area contributed by atoms with E-state index < -0.39 is 5.38 Å². The fourth-order valence-corrected chi connectivity index (χ4v) is 1.92. The first-order chi connectivity index (χ1) is 7.58. The lowest BCUT2D eigenvalue weighted by Crippen LogP contribution is -2.28. The van der Waals surface area contributed by atoms with Crippen LogP contribution in [0.3, 0.4) is 0 Å². The zero-order valence-electron chi connectivity index (χ0n) is 8.97. The Labute approximate surface area is 108 Å².